The standard InChI is InChI=1S/C29H26N2O4S2/c1-17-12-21(10-11-23(17)26-14-19(3)36-29(26)37(33,34)35)16-31-27-13-18(2)30-20(4)24(27)15-25(28(31)32)22-8-6-5-7-9-22/h5-15H,16H2,1-4H3,(H,33,34,35). The van der Waals surface area contributed by atoms with Crippen molar-refractivity contribution in [3.63, 3.8) is 0 Å². The number of nitrogens with zero attached hydrogens (tertiary/aromatic N) is 2. The van der Waals surface area contributed by atoms with Gasteiger partial charge in [0.15, 0.2) is 4.21 Å². The van der Waals surface area contributed by atoms with Crippen LogP contribution in [0.1, 0.15) is 27.4 Å². The van der Waals surface area contributed by atoms with Gasteiger partial charge in [-0.3, -0.25) is 14.3 Å². The largest absolute Gasteiger partial charge is 0.304 e. The summed E-state index contributed by atoms with van der Waals surface area (Å²) in [6.07, 6.45) is 0. The summed E-state index contributed by atoms with van der Waals surface area (Å²) in [5, 5.41) is 0.920. The third-order valence-electron chi connectivity index (χ3n) is 6.47. The van der Waals surface area contributed by atoms with Crippen molar-refractivity contribution in [3.8, 4) is 22.3 Å². The Morgan fingerprint density at radius 1 is 0.892 bits per heavy atom. The molecule has 0 aliphatic rings. The number of fused-ring (bicyclic) bond motifs is 1. The van der Waals surface area contributed by atoms with E-state index < -0.39 is 10.1 Å². The Bertz CT molecular complexity index is 1840. The highest BCUT2D eigenvalue weighted by atomic mass is 32.3. The quantitative estimate of drug-likeness (QED) is 0.269. The van der Waals surface area contributed by atoms with E-state index in [1.807, 2.05) is 88.4 Å². The number of hydrogen-bond donors (Lipinski definition) is 1. The Kier molecular flexibility index (Phi) is 6.35. The third kappa shape index (κ3) is 4.75. The molecule has 0 bridgehead atoms. The molecule has 0 saturated carbocycles. The van der Waals surface area contributed by atoms with Gasteiger partial charge in [0.2, 0.25) is 0 Å². The fourth-order valence-electron chi connectivity index (χ4n) is 4.84. The molecule has 0 radical (unpaired) electrons. The fourth-order valence-corrected chi connectivity index (χ4v) is 6.85. The third-order valence-corrected chi connectivity index (χ3v) is 8.89. The molecular formula is C29H26N2O4S2. The minimum atomic E-state index is -4.34. The van der Waals surface area contributed by atoms with Crippen LogP contribution in [-0.2, 0) is 16.7 Å². The first-order chi connectivity index (χ1) is 17.5. The molecule has 0 aliphatic carbocycles. The molecule has 5 aromatic rings. The molecule has 6 nitrogen and oxygen atoms in total. The Balaban J connectivity index is 1.66. The van der Waals surface area contributed by atoms with Crippen molar-refractivity contribution in [1.29, 1.82) is 0 Å². The Morgan fingerprint density at radius 3 is 2.30 bits per heavy atom. The van der Waals surface area contributed by atoms with Crippen molar-refractivity contribution in [1.82, 2.24) is 9.55 Å². The summed E-state index contributed by atoms with van der Waals surface area (Å²) in [4.78, 5) is 19.2. The highest BCUT2D eigenvalue weighted by Gasteiger charge is 2.21. The van der Waals surface area contributed by atoms with E-state index in [2.05, 4.69) is 4.98 Å². The lowest BCUT2D eigenvalue weighted by atomic mass is 9.99. The number of thiophene rings is 1. The second-order valence-electron chi connectivity index (χ2n) is 9.28. The van der Waals surface area contributed by atoms with Crippen LogP contribution < -0.4 is 5.56 Å². The van der Waals surface area contributed by atoms with Gasteiger partial charge in [0.1, 0.15) is 0 Å². The molecule has 0 atom stereocenters. The van der Waals surface area contributed by atoms with E-state index in [0.717, 1.165) is 60.8 Å². The first-order valence-electron chi connectivity index (χ1n) is 11.8. The summed E-state index contributed by atoms with van der Waals surface area (Å²) in [7, 11) is -4.34. The number of aryl methyl sites for hydroxylation is 4. The van der Waals surface area contributed by atoms with Crippen LogP contribution in [0.3, 0.4) is 0 Å². The van der Waals surface area contributed by atoms with Crippen molar-refractivity contribution in [2.24, 2.45) is 0 Å². The number of benzene rings is 2. The first kappa shape index (κ1) is 25.1. The topological polar surface area (TPSA) is 89.3 Å². The van der Waals surface area contributed by atoms with E-state index in [-0.39, 0.29) is 9.77 Å². The molecule has 0 aliphatic heterocycles. The van der Waals surface area contributed by atoms with Gasteiger partial charge in [-0.05, 0) is 68.1 Å². The molecule has 8 heteroatoms. The van der Waals surface area contributed by atoms with Crippen molar-refractivity contribution in [3.05, 3.63) is 104 Å². The minimum absolute atomic E-state index is 0.0583. The average Bonchev–Trinajstić information content (AvgIpc) is 3.23. The zero-order chi connectivity index (χ0) is 26.5. The predicted octanol–water partition coefficient (Wildman–Crippen LogP) is 6.32. The first-order valence-corrected chi connectivity index (χ1v) is 14.0. The summed E-state index contributed by atoms with van der Waals surface area (Å²) in [6.45, 7) is 7.92. The maximum atomic E-state index is 13.8. The highest BCUT2D eigenvalue weighted by molar-refractivity contribution is 7.88. The van der Waals surface area contributed by atoms with Gasteiger partial charge in [0.25, 0.3) is 5.56 Å². The van der Waals surface area contributed by atoms with E-state index in [4.69, 9.17) is 0 Å². The molecule has 5 rings (SSSR count). The van der Waals surface area contributed by atoms with E-state index >= 15 is 0 Å². The maximum absolute atomic E-state index is 13.8. The molecule has 0 unspecified atom stereocenters. The molecule has 0 fully saturated rings. The molecule has 37 heavy (non-hydrogen) atoms. The predicted molar refractivity (Wildman–Crippen MR) is 149 cm³/mol. The van der Waals surface area contributed by atoms with Gasteiger partial charge in [-0.25, -0.2) is 0 Å². The summed E-state index contributed by atoms with van der Waals surface area (Å²) in [6, 6.07) is 21.0. The van der Waals surface area contributed by atoms with Gasteiger partial charge in [-0.1, -0.05) is 48.5 Å². The Hall–Kier alpha value is -3.59. The van der Waals surface area contributed by atoms with Crippen LogP contribution in [0.2, 0.25) is 0 Å². The molecule has 0 amide bonds. The lowest BCUT2D eigenvalue weighted by molar-refractivity contribution is 0.486. The Labute approximate surface area is 219 Å². The van der Waals surface area contributed by atoms with E-state index in [0.29, 0.717) is 17.7 Å². The van der Waals surface area contributed by atoms with Crippen LogP contribution in [0.25, 0.3) is 33.2 Å². The lowest BCUT2D eigenvalue weighted by Crippen LogP contribution is -2.23. The van der Waals surface area contributed by atoms with E-state index in [9.17, 15) is 17.8 Å². The monoisotopic (exact) mass is 530 g/mol. The number of hydrogen-bond acceptors (Lipinski definition) is 5. The van der Waals surface area contributed by atoms with Gasteiger partial charge < -0.3 is 4.57 Å². The second kappa shape index (κ2) is 9.37. The van der Waals surface area contributed by atoms with Crippen LogP contribution in [0.5, 0.6) is 0 Å². The molecular weight excluding hydrogens is 504 g/mol. The fraction of sp³-hybridized carbons (Fsp3) is 0.172. The maximum Gasteiger partial charge on any atom is 0.304 e. The smallest absolute Gasteiger partial charge is 0.303 e. The molecule has 2 aromatic carbocycles. The summed E-state index contributed by atoms with van der Waals surface area (Å²) >= 11 is 1.05. The van der Waals surface area contributed by atoms with Gasteiger partial charge in [-0.15, -0.1) is 11.3 Å². The number of pyridine rings is 2. The summed E-state index contributed by atoms with van der Waals surface area (Å²) in [5.41, 5.74) is 6.86. The second-order valence-corrected chi connectivity index (χ2v) is 12.2. The van der Waals surface area contributed by atoms with Gasteiger partial charge in [0.05, 0.1) is 12.1 Å². The minimum Gasteiger partial charge on any atom is -0.303 e. The van der Waals surface area contributed by atoms with Crippen LogP contribution in [0.15, 0.2) is 75.7 Å². The highest BCUT2D eigenvalue weighted by Crippen LogP contribution is 2.37. The number of aromatic nitrogens is 2. The molecule has 1 N–H and O–H groups in total. The molecule has 0 saturated heterocycles. The molecule has 3 aromatic heterocycles. The van der Waals surface area contributed by atoms with E-state index in [1.165, 1.54) is 0 Å². The zero-order valence-electron chi connectivity index (χ0n) is 20.9. The van der Waals surface area contributed by atoms with Gasteiger partial charge in [-0.2, -0.15) is 8.42 Å². The zero-order valence-corrected chi connectivity index (χ0v) is 22.6. The van der Waals surface area contributed by atoms with Crippen LogP contribution in [0.4, 0.5) is 0 Å². The van der Waals surface area contributed by atoms with Crippen LogP contribution in [-0.4, -0.2) is 22.5 Å². The van der Waals surface area contributed by atoms with Crippen LogP contribution in [0, 0.1) is 27.7 Å². The number of rotatable bonds is 5. The molecule has 3 heterocycles. The van der Waals surface area contributed by atoms with Crippen molar-refractivity contribution in [2.45, 2.75) is 38.4 Å². The summed E-state index contributed by atoms with van der Waals surface area (Å²) < 4.78 is 35.3. The van der Waals surface area contributed by atoms with Crippen molar-refractivity contribution in [2.75, 3.05) is 0 Å². The SMILES string of the molecule is Cc1cc2c(cc(-c3ccccc3)c(=O)n2Cc2ccc(-c3cc(C)sc3S(=O)(=O)O)c(C)c2)c(C)n1. The van der Waals surface area contributed by atoms with E-state index in [1.54, 1.807) is 10.6 Å². The van der Waals surface area contributed by atoms with Crippen molar-refractivity contribution < 1.29 is 13.0 Å². The molecule has 0 spiro atoms. The normalized spacial score (nSPS) is 11.8. The van der Waals surface area contributed by atoms with Gasteiger partial charge in [0, 0.05) is 32.8 Å². The Morgan fingerprint density at radius 2 is 1.62 bits per heavy atom. The van der Waals surface area contributed by atoms with Crippen LogP contribution >= 0.6 is 11.3 Å². The van der Waals surface area contributed by atoms with Crippen molar-refractivity contribution >= 4 is 32.4 Å². The summed E-state index contributed by atoms with van der Waals surface area (Å²) in [5.74, 6) is 0. The average molecular weight is 531 g/mol. The molecule has 188 valence electrons. The van der Waals surface area contributed by atoms with Gasteiger partial charge >= 0.3 is 10.1 Å². The lowest BCUT2D eigenvalue weighted by Gasteiger charge is -2.16.